The van der Waals surface area contributed by atoms with Crippen molar-refractivity contribution in [3.63, 3.8) is 0 Å². The van der Waals surface area contributed by atoms with Crippen LogP contribution in [0.1, 0.15) is 40.9 Å². The summed E-state index contributed by atoms with van der Waals surface area (Å²) in [5.41, 5.74) is 8.29. The maximum atomic E-state index is 13.4. The summed E-state index contributed by atoms with van der Waals surface area (Å²) in [6, 6.07) is 12.1. The molecule has 0 fully saturated rings. The van der Waals surface area contributed by atoms with E-state index in [4.69, 9.17) is 14.8 Å². The van der Waals surface area contributed by atoms with Gasteiger partial charge in [0, 0.05) is 29.7 Å². The lowest BCUT2D eigenvalue weighted by atomic mass is 9.95. The Morgan fingerprint density at radius 3 is 2.75 bits per heavy atom. The number of aromatic nitrogens is 3. The van der Waals surface area contributed by atoms with Crippen LogP contribution in [0.25, 0.3) is 16.6 Å². The second kappa shape index (κ2) is 7.93. The van der Waals surface area contributed by atoms with Crippen LogP contribution in [-0.2, 0) is 17.6 Å². The van der Waals surface area contributed by atoms with Gasteiger partial charge in [-0.05, 0) is 74.9 Å². The Hall–Kier alpha value is -3.41. The predicted molar refractivity (Wildman–Crippen MR) is 127 cm³/mol. The fourth-order valence-corrected chi connectivity index (χ4v) is 4.97. The van der Waals surface area contributed by atoms with Gasteiger partial charge in [-0.3, -0.25) is 4.79 Å². The van der Waals surface area contributed by atoms with Gasteiger partial charge < -0.3 is 9.64 Å². The Balaban J connectivity index is 1.45. The van der Waals surface area contributed by atoms with E-state index in [-0.39, 0.29) is 5.91 Å². The topological polar surface area (TPSA) is 59.7 Å². The monoisotopic (exact) mass is 428 g/mol. The molecule has 5 rings (SSSR count). The van der Waals surface area contributed by atoms with Gasteiger partial charge in [0.25, 0.3) is 0 Å². The largest absolute Gasteiger partial charge is 0.495 e. The Kier molecular flexibility index (Phi) is 5.08. The highest BCUT2D eigenvalue weighted by atomic mass is 16.5. The minimum Gasteiger partial charge on any atom is -0.495 e. The van der Waals surface area contributed by atoms with Crippen LogP contribution >= 0.6 is 0 Å². The number of hydrogen-bond acceptors (Lipinski definition) is 4. The summed E-state index contributed by atoms with van der Waals surface area (Å²) in [6.45, 7) is 6.92. The highest BCUT2D eigenvalue weighted by molar-refractivity contribution is 5.97. The van der Waals surface area contributed by atoms with E-state index >= 15 is 0 Å². The molecule has 32 heavy (non-hydrogen) atoms. The first-order valence-electron chi connectivity index (χ1n) is 11.2. The molecule has 1 amide bonds. The van der Waals surface area contributed by atoms with E-state index in [2.05, 4.69) is 26.0 Å². The third kappa shape index (κ3) is 3.22. The molecule has 0 atom stereocenters. The van der Waals surface area contributed by atoms with Gasteiger partial charge >= 0.3 is 0 Å². The van der Waals surface area contributed by atoms with Gasteiger partial charge in [-0.15, -0.1) is 0 Å². The average molecular weight is 429 g/mol. The van der Waals surface area contributed by atoms with Gasteiger partial charge in [0.05, 0.1) is 18.3 Å². The van der Waals surface area contributed by atoms with Crippen LogP contribution in [0.2, 0.25) is 0 Å². The van der Waals surface area contributed by atoms with Crippen LogP contribution in [0, 0.1) is 20.8 Å². The molecular weight excluding hydrogens is 400 g/mol. The molecule has 1 aliphatic heterocycles. The van der Waals surface area contributed by atoms with Crippen LogP contribution in [-0.4, -0.2) is 34.2 Å². The third-order valence-electron chi connectivity index (χ3n) is 6.69. The first-order chi connectivity index (χ1) is 15.5. The van der Waals surface area contributed by atoms with Crippen LogP contribution in [0.3, 0.4) is 0 Å². The molecule has 2 aromatic carbocycles. The average Bonchev–Trinajstić information content (AvgIpc) is 3.17. The standard InChI is InChI=1S/C26H28N4O2/c1-16-11-13-23(32-4)25-19(16)9-7-15-29(25)24(31)14-12-20-17(2)27-26-21-8-5-6-10-22(21)28-30(26)18(20)3/h5-6,8,10-11,13H,7,9,12,14-15H2,1-4H3. The highest BCUT2D eigenvalue weighted by Crippen LogP contribution is 2.38. The second-order valence-corrected chi connectivity index (χ2v) is 8.57. The lowest BCUT2D eigenvalue weighted by molar-refractivity contribution is -0.118. The molecule has 4 aromatic rings. The SMILES string of the molecule is COc1ccc(C)c2c1N(C(=O)CCc1c(C)nc3c4ccccc4nn3c1C)CCC2. The summed E-state index contributed by atoms with van der Waals surface area (Å²) in [6.07, 6.45) is 3.01. The van der Waals surface area contributed by atoms with Crippen LogP contribution in [0.5, 0.6) is 5.75 Å². The quantitative estimate of drug-likeness (QED) is 0.472. The lowest BCUT2D eigenvalue weighted by Gasteiger charge is -2.32. The molecule has 3 heterocycles. The fraction of sp³-hybridized carbons (Fsp3) is 0.346. The van der Waals surface area contributed by atoms with Crippen LogP contribution in [0.15, 0.2) is 36.4 Å². The summed E-state index contributed by atoms with van der Waals surface area (Å²) < 4.78 is 7.53. The molecule has 2 aromatic heterocycles. The zero-order valence-electron chi connectivity index (χ0n) is 19.1. The molecule has 0 N–H and O–H groups in total. The van der Waals surface area contributed by atoms with E-state index in [9.17, 15) is 4.79 Å². The number of ether oxygens (including phenoxy) is 1. The number of nitrogens with zero attached hydrogens (tertiary/aromatic N) is 4. The van der Waals surface area contributed by atoms with Gasteiger partial charge in [-0.1, -0.05) is 18.2 Å². The number of anilines is 1. The van der Waals surface area contributed by atoms with Crippen LogP contribution < -0.4 is 9.64 Å². The summed E-state index contributed by atoms with van der Waals surface area (Å²) in [5, 5.41) is 5.79. The number of carbonyl (C=O) groups is 1. The normalized spacial score (nSPS) is 13.6. The van der Waals surface area contributed by atoms with Crippen molar-refractivity contribution in [1.29, 1.82) is 0 Å². The van der Waals surface area contributed by atoms with Crippen molar-refractivity contribution in [2.75, 3.05) is 18.6 Å². The number of fused-ring (bicyclic) bond motifs is 4. The van der Waals surface area contributed by atoms with E-state index < -0.39 is 0 Å². The number of amides is 1. The van der Waals surface area contributed by atoms with Crippen molar-refractivity contribution in [2.24, 2.45) is 0 Å². The van der Waals surface area contributed by atoms with Gasteiger partial charge in [0.2, 0.25) is 5.91 Å². The molecule has 0 aliphatic carbocycles. The van der Waals surface area contributed by atoms with Gasteiger partial charge in [0.15, 0.2) is 5.65 Å². The van der Waals surface area contributed by atoms with E-state index in [1.807, 2.05) is 40.6 Å². The fourth-order valence-electron chi connectivity index (χ4n) is 4.97. The van der Waals surface area contributed by atoms with Crippen molar-refractivity contribution < 1.29 is 9.53 Å². The highest BCUT2D eigenvalue weighted by Gasteiger charge is 2.27. The van der Waals surface area contributed by atoms with Crippen molar-refractivity contribution in [3.8, 4) is 5.75 Å². The van der Waals surface area contributed by atoms with E-state index in [1.165, 1.54) is 11.1 Å². The van der Waals surface area contributed by atoms with Crippen molar-refractivity contribution in [1.82, 2.24) is 14.6 Å². The number of aryl methyl sites for hydroxylation is 3. The molecule has 0 radical (unpaired) electrons. The molecule has 164 valence electrons. The maximum Gasteiger partial charge on any atom is 0.227 e. The molecule has 0 unspecified atom stereocenters. The van der Waals surface area contributed by atoms with Crippen molar-refractivity contribution in [2.45, 2.75) is 46.5 Å². The molecule has 0 saturated heterocycles. The number of carbonyl (C=O) groups excluding carboxylic acids is 1. The van der Waals surface area contributed by atoms with Crippen LogP contribution in [0.4, 0.5) is 5.69 Å². The molecule has 6 heteroatoms. The van der Waals surface area contributed by atoms with Gasteiger partial charge in [-0.25, -0.2) is 9.50 Å². The summed E-state index contributed by atoms with van der Waals surface area (Å²) in [5.74, 6) is 0.900. The number of benzene rings is 2. The smallest absolute Gasteiger partial charge is 0.227 e. The molecule has 0 bridgehead atoms. The van der Waals surface area contributed by atoms with Crippen molar-refractivity contribution in [3.05, 3.63) is 64.5 Å². The first kappa shape index (κ1) is 20.5. The zero-order chi connectivity index (χ0) is 22.4. The van der Waals surface area contributed by atoms with E-state index in [1.54, 1.807) is 7.11 Å². The van der Waals surface area contributed by atoms with Crippen molar-refractivity contribution >= 4 is 28.1 Å². The maximum absolute atomic E-state index is 13.4. The first-order valence-corrected chi connectivity index (χ1v) is 11.2. The second-order valence-electron chi connectivity index (χ2n) is 8.57. The molecular formula is C26H28N4O2. The third-order valence-corrected chi connectivity index (χ3v) is 6.69. The molecule has 0 saturated carbocycles. The molecule has 1 aliphatic rings. The number of methoxy groups -OCH3 is 1. The minimum absolute atomic E-state index is 0.124. The summed E-state index contributed by atoms with van der Waals surface area (Å²) in [7, 11) is 1.67. The Morgan fingerprint density at radius 2 is 1.94 bits per heavy atom. The zero-order valence-corrected chi connectivity index (χ0v) is 19.1. The predicted octanol–water partition coefficient (Wildman–Crippen LogP) is 4.73. The van der Waals surface area contributed by atoms with Gasteiger partial charge in [-0.2, -0.15) is 5.10 Å². The van der Waals surface area contributed by atoms with Gasteiger partial charge in [0.1, 0.15) is 5.75 Å². The number of rotatable bonds is 4. The summed E-state index contributed by atoms with van der Waals surface area (Å²) in [4.78, 5) is 20.1. The lowest BCUT2D eigenvalue weighted by Crippen LogP contribution is -2.36. The summed E-state index contributed by atoms with van der Waals surface area (Å²) >= 11 is 0. The Morgan fingerprint density at radius 1 is 1.12 bits per heavy atom. The van der Waals surface area contributed by atoms with E-state index in [0.717, 1.165) is 64.3 Å². The number of hydrogen-bond donors (Lipinski definition) is 0. The molecule has 0 spiro atoms. The minimum atomic E-state index is 0.124. The Labute approximate surface area is 187 Å². The molecule has 6 nitrogen and oxygen atoms in total. The van der Waals surface area contributed by atoms with E-state index in [0.29, 0.717) is 12.8 Å². The Bertz CT molecular complexity index is 1360.